The minimum Gasteiger partial charge on any atom is -0.347 e. The predicted molar refractivity (Wildman–Crippen MR) is 64.0 cm³/mol. The lowest BCUT2D eigenvalue weighted by Gasteiger charge is -2.30. The molecule has 0 saturated heterocycles. The molecule has 0 radical (unpaired) electrons. The van der Waals surface area contributed by atoms with Crippen LogP contribution in [0.15, 0.2) is 18.5 Å². The smallest absolute Gasteiger partial charge is 0.254 e. The molecule has 1 amide bonds. The van der Waals surface area contributed by atoms with E-state index < -0.39 is 11.7 Å². The van der Waals surface area contributed by atoms with Gasteiger partial charge in [-0.2, -0.15) is 0 Å². The van der Waals surface area contributed by atoms with Gasteiger partial charge >= 0.3 is 0 Å². The second kappa shape index (κ2) is 5.23. The van der Waals surface area contributed by atoms with Crippen LogP contribution in [0.3, 0.4) is 0 Å². The van der Waals surface area contributed by atoms with Gasteiger partial charge in [0.1, 0.15) is 0 Å². The molecule has 0 aliphatic heterocycles. The summed E-state index contributed by atoms with van der Waals surface area (Å²) in [4.78, 5) is 15.4. The van der Waals surface area contributed by atoms with Crippen molar-refractivity contribution < 1.29 is 9.18 Å². The topological polar surface area (TPSA) is 68.0 Å². The number of rotatable bonds is 3. The molecule has 0 aliphatic carbocycles. The number of halogens is 1. The van der Waals surface area contributed by atoms with Gasteiger partial charge in [0.25, 0.3) is 5.91 Å². The van der Waals surface area contributed by atoms with Crippen LogP contribution in [0.4, 0.5) is 4.39 Å². The first-order valence-electron chi connectivity index (χ1n) is 5.46. The Morgan fingerprint density at radius 1 is 1.59 bits per heavy atom. The van der Waals surface area contributed by atoms with Crippen LogP contribution >= 0.6 is 0 Å². The number of aromatic nitrogens is 1. The number of nitrogens with zero attached hydrogens (tertiary/aromatic N) is 1. The van der Waals surface area contributed by atoms with E-state index >= 15 is 0 Å². The zero-order valence-corrected chi connectivity index (χ0v) is 10.3. The highest BCUT2D eigenvalue weighted by Gasteiger charge is 2.26. The average Bonchev–Trinajstić information content (AvgIpc) is 2.24. The molecule has 0 fully saturated rings. The van der Waals surface area contributed by atoms with E-state index in [4.69, 9.17) is 5.73 Å². The molecular formula is C12H18FN3O. The molecular weight excluding hydrogens is 221 g/mol. The van der Waals surface area contributed by atoms with Gasteiger partial charge in [0, 0.05) is 18.8 Å². The maximum absolute atomic E-state index is 13.3. The molecule has 17 heavy (non-hydrogen) atoms. The van der Waals surface area contributed by atoms with Crippen LogP contribution in [-0.2, 0) is 0 Å². The van der Waals surface area contributed by atoms with Crippen molar-refractivity contribution >= 4 is 5.91 Å². The summed E-state index contributed by atoms with van der Waals surface area (Å²) in [6.07, 6.45) is 2.40. The van der Waals surface area contributed by atoms with Gasteiger partial charge in [-0.1, -0.05) is 20.8 Å². The van der Waals surface area contributed by atoms with E-state index in [-0.39, 0.29) is 17.0 Å². The molecule has 1 heterocycles. The Morgan fingerprint density at radius 3 is 2.71 bits per heavy atom. The van der Waals surface area contributed by atoms with Gasteiger partial charge in [-0.3, -0.25) is 9.78 Å². The predicted octanol–water partition coefficient (Wildman–Crippen LogP) is 1.32. The van der Waals surface area contributed by atoms with E-state index in [1.165, 1.54) is 12.3 Å². The molecule has 0 spiro atoms. The summed E-state index contributed by atoms with van der Waals surface area (Å²) < 4.78 is 13.3. The third-order valence-electron chi connectivity index (χ3n) is 2.60. The summed E-state index contributed by atoms with van der Waals surface area (Å²) in [5.74, 6) is -1.09. The molecule has 5 heteroatoms. The number of amides is 1. The molecule has 94 valence electrons. The maximum atomic E-state index is 13.3. The fourth-order valence-electron chi connectivity index (χ4n) is 1.42. The van der Waals surface area contributed by atoms with Crippen LogP contribution in [0.2, 0.25) is 0 Å². The number of hydrogen-bond donors (Lipinski definition) is 2. The quantitative estimate of drug-likeness (QED) is 0.836. The zero-order valence-electron chi connectivity index (χ0n) is 10.3. The van der Waals surface area contributed by atoms with Crippen LogP contribution in [-0.4, -0.2) is 23.5 Å². The Balaban J connectivity index is 2.83. The highest BCUT2D eigenvalue weighted by atomic mass is 19.1. The summed E-state index contributed by atoms with van der Waals surface area (Å²) >= 11 is 0. The number of nitrogens with one attached hydrogen (secondary N) is 1. The van der Waals surface area contributed by atoms with Gasteiger partial charge in [0.05, 0.1) is 11.8 Å². The van der Waals surface area contributed by atoms with Crippen molar-refractivity contribution in [1.29, 1.82) is 0 Å². The normalized spacial score (nSPS) is 13.2. The Hall–Kier alpha value is -1.49. The largest absolute Gasteiger partial charge is 0.347 e. The lowest BCUT2D eigenvalue weighted by molar-refractivity contribution is 0.0901. The Morgan fingerprint density at radius 2 is 2.24 bits per heavy atom. The van der Waals surface area contributed by atoms with E-state index in [1.54, 1.807) is 0 Å². The summed E-state index contributed by atoms with van der Waals surface area (Å²) in [6.45, 7) is 6.21. The van der Waals surface area contributed by atoms with Crippen molar-refractivity contribution in [2.24, 2.45) is 11.1 Å². The monoisotopic (exact) mass is 239 g/mol. The Bertz CT molecular complexity index is 401. The molecule has 0 aliphatic rings. The molecule has 0 aromatic carbocycles. The van der Waals surface area contributed by atoms with E-state index in [1.807, 2.05) is 20.8 Å². The first-order valence-corrected chi connectivity index (χ1v) is 5.46. The molecule has 1 atom stereocenters. The second-order valence-electron chi connectivity index (χ2n) is 4.98. The lowest BCUT2D eigenvalue weighted by atomic mass is 9.86. The lowest BCUT2D eigenvalue weighted by Crippen LogP contribution is -2.48. The highest BCUT2D eigenvalue weighted by molar-refractivity contribution is 5.94. The van der Waals surface area contributed by atoms with E-state index in [0.29, 0.717) is 6.54 Å². The summed E-state index contributed by atoms with van der Waals surface area (Å²) in [5, 5.41) is 2.73. The van der Waals surface area contributed by atoms with Crippen molar-refractivity contribution in [2.75, 3.05) is 6.54 Å². The van der Waals surface area contributed by atoms with Crippen LogP contribution in [0.1, 0.15) is 31.1 Å². The number of pyridine rings is 1. The first-order chi connectivity index (χ1) is 7.86. The van der Waals surface area contributed by atoms with Gasteiger partial charge in [-0.05, 0) is 11.5 Å². The number of hydrogen-bond acceptors (Lipinski definition) is 3. The molecule has 4 nitrogen and oxygen atoms in total. The van der Waals surface area contributed by atoms with Crippen molar-refractivity contribution in [3.63, 3.8) is 0 Å². The van der Waals surface area contributed by atoms with Gasteiger partial charge in [0.2, 0.25) is 0 Å². The molecule has 1 aromatic rings. The van der Waals surface area contributed by atoms with Crippen LogP contribution < -0.4 is 11.1 Å². The summed E-state index contributed by atoms with van der Waals surface area (Å²) in [6, 6.07) is 1.14. The van der Waals surface area contributed by atoms with Gasteiger partial charge in [-0.25, -0.2) is 4.39 Å². The molecule has 1 rings (SSSR count). The number of nitrogens with two attached hydrogens (primary N) is 1. The van der Waals surface area contributed by atoms with Gasteiger partial charge < -0.3 is 11.1 Å². The Labute approximate surface area is 100 Å². The fourth-order valence-corrected chi connectivity index (χ4v) is 1.42. The summed E-state index contributed by atoms with van der Waals surface area (Å²) in [7, 11) is 0. The zero-order chi connectivity index (χ0) is 13.1. The fraction of sp³-hybridized carbons (Fsp3) is 0.500. The van der Waals surface area contributed by atoms with Crippen LogP contribution in [0, 0.1) is 11.2 Å². The molecule has 3 N–H and O–H groups in total. The minimum atomic E-state index is -0.630. The van der Waals surface area contributed by atoms with Crippen LogP contribution in [0.5, 0.6) is 0 Å². The first kappa shape index (κ1) is 13.6. The molecule has 0 bridgehead atoms. The molecule has 0 saturated carbocycles. The van der Waals surface area contributed by atoms with E-state index in [2.05, 4.69) is 10.3 Å². The van der Waals surface area contributed by atoms with Crippen molar-refractivity contribution in [2.45, 2.75) is 26.8 Å². The SMILES string of the molecule is CC(C)(C)C(CN)NC(=O)c1ccncc1F. The third kappa shape index (κ3) is 3.49. The Kier molecular flexibility index (Phi) is 4.17. The molecule has 1 unspecified atom stereocenters. The number of carbonyl (C=O) groups excluding carboxylic acids is 1. The number of carbonyl (C=O) groups is 1. The molecule has 1 aromatic heterocycles. The van der Waals surface area contributed by atoms with E-state index in [0.717, 1.165) is 6.20 Å². The highest BCUT2D eigenvalue weighted by Crippen LogP contribution is 2.19. The van der Waals surface area contributed by atoms with Gasteiger partial charge in [-0.15, -0.1) is 0 Å². The second-order valence-corrected chi connectivity index (χ2v) is 4.98. The summed E-state index contributed by atoms with van der Waals surface area (Å²) in [5.41, 5.74) is 5.42. The third-order valence-corrected chi connectivity index (χ3v) is 2.60. The standard InChI is InChI=1S/C12H18FN3O/c1-12(2,3)10(6-14)16-11(17)8-4-5-15-7-9(8)13/h4-5,7,10H,6,14H2,1-3H3,(H,16,17). The van der Waals surface area contributed by atoms with Crippen molar-refractivity contribution in [3.05, 3.63) is 29.8 Å². The minimum absolute atomic E-state index is 0.0114. The van der Waals surface area contributed by atoms with E-state index in [9.17, 15) is 9.18 Å². The van der Waals surface area contributed by atoms with Crippen molar-refractivity contribution in [3.8, 4) is 0 Å². The average molecular weight is 239 g/mol. The maximum Gasteiger partial charge on any atom is 0.254 e. The van der Waals surface area contributed by atoms with Crippen molar-refractivity contribution in [1.82, 2.24) is 10.3 Å². The van der Waals surface area contributed by atoms with Crippen LogP contribution in [0.25, 0.3) is 0 Å². The van der Waals surface area contributed by atoms with Gasteiger partial charge in [0.15, 0.2) is 5.82 Å².